The summed E-state index contributed by atoms with van der Waals surface area (Å²) in [5.41, 5.74) is 3.36. The Labute approximate surface area is 170 Å². The molecule has 2 heterocycles. The summed E-state index contributed by atoms with van der Waals surface area (Å²) in [5, 5.41) is 3.51. The fourth-order valence-corrected chi connectivity index (χ4v) is 6.30. The quantitative estimate of drug-likeness (QED) is 0.199. The first-order valence-electron chi connectivity index (χ1n) is 8.60. The van der Waals surface area contributed by atoms with Crippen molar-refractivity contribution in [1.82, 2.24) is 9.55 Å². The number of hydrogen-bond donors (Lipinski definition) is 1. The number of rotatable bonds is 7. The van der Waals surface area contributed by atoms with Gasteiger partial charge >= 0.3 is 0 Å². The van der Waals surface area contributed by atoms with Crippen molar-refractivity contribution in [3.63, 3.8) is 0 Å². The van der Waals surface area contributed by atoms with Crippen LogP contribution >= 0.6 is 46.7 Å². The molecule has 0 aliphatic heterocycles. The maximum absolute atomic E-state index is 5.53. The molecule has 26 heavy (non-hydrogen) atoms. The number of unbranched alkanes of at least 4 members (excludes halogenated alkanes) is 1. The van der Waals surface area contributed by atoms with Crippen molar-refractivity contribution in [3.8, 4) is 0 Å². The standard InChI is InChI=1S/C19H19N3S4/c1-2-3-10-24-18-21-14-9-8-13(11-17(14)25-18)20-12-22-15-6-4-5-7-16(15)26-19(22)23/h4-9,11,20H,2-3,10,12H2,1H3. The van der Waals surface area contributed by atoms with E-state index in [1.807, 2.05) is 11.8 Å². The first kappa shape index (κ1) is 18.0. The lowest BCUT2D eigenvalue weighted by Gasteiger charge is -2.08. The largest absolute Gasteiger partial charge is 0.367 e. The number of hydrogen-bond acceptors (Lipinski definition) is 6. The van der Waals surface area contributed by atoms with Crippen molar-refractivity contribution in [2.75, 3.05) is 11.1 Å². The van der Waals surface area contributed by atoms with Gasteiger partial charge in [0.1, 0.15) is 0 Å². The van der Waals surface area contributed by atoms with Crippen LogP contribution in [0.3, 0.4) is 0 Å². The van der Waals surface area contributed by atoms with Crippen LogP contribution < -0.4 is 5.32 Å². The second-order valence-electron chi connectivity index (χ2n) is 5.96. The second-order valence-corrected chi connectivity index (χ2v) is 10.0. The van der Waals surface area contributed by atoms with Crippen molar-refractivity contribution in [2.45, 2.75) is 30.8 Å². The van der Waals surface area contributed by atoms with Crippen LogP contribution in [-0.2, 0) is 6.67 Å². The van der Waals surface area contributed by atoms with Crippen LogP contribution in [0.15, 0.2) is 46.8 Å². The Bertz CT molecular complexity index is 1090. The third kappa shape index (κ3) is 3.81. The fourth-order valence-electron chi connectivity index (χ4n) is 2.71. The minimum atomic E-state index is 0.672. The van der Waals surface area contributed by atoms with Gasteiger partial charge in [-0.1, -0.05) is 37.2 Å². The molecule has 0 bridgehead atoms. The molecule has 0 spiro atoms. The van der Waals surface area contributed by atoms with Crippen molar-refractivity contribution in [2.24, 2.45) is 0 Å². The molecule has 0 saturated carbocycles. The summed E-state index contributed by atoms with van der Waals surface area (Å²) in [5.74, 6) is 1.14. The summed E-state index contributed by atoms with van der Waals surface area (Å²) >= 11 is 10.8. The van der Waals surface area contributed by atoms with Gasteiger partial charge in [-0.15, -0.1) is 22.7 Å². The molecule has 0 saturated heterocycles. The summed E-state index contributed by atoms with van der Waals surface area (Å²) in [4.78, 5) is 4.72. The van der Waals surface area contributed by atoms with Gasteiger partial charge in [0.15, 0.2) is 8.29 Å². The summed E-state index contributed by atoms with van der Waals surface area (Å²) in [6.45, 7) is 2.89. The summed E-state index contributed by atoms with van der Waals surface area (Å²) in [6, 6.07) is 14.7. The first-order valence-corrected chi connectivity index (χ1v) is 11.6. The van der Waals surface area contributed by atoms with Crippen molar-refractivity contribution in [3.05, 3.63) is 46.4 Å². The third-order valence-electron chi connectivity index (χ3n) is 4.11. The summed E-state index contributed by atoms with van der Waals surface area (Å²) in [7, 11) is 0. The van der Waals surface area contributed by atoms with E-state index in [0.29, 0.717) is 6.67 Å². The van der Waals surface area contributed by atoms with E-state index in [1.165, 1.54) is 27.8 Å². The Morgan fingerprint density at radius 2 is 2.04 bits per heavy atom. The van der Waals surface area contributed by atoms with E-state index in [1.54, 1.807) is 22.7 Å². The zero-order chi connectivity index (χ0) is 17.9. The number of aromatic nitrogens is 2. The predicted molar refractivity (Wildman–Crippen MR) is 120 cm³/mol. The molecule has 0 fully saturated rings. The van der Waals surface area contributed by atoms with E-state index in [9.17, 15) is 0 Å². The average molecular weight is 418 g/mol. The highest BCUT2D eigenvalue weighted by Crippen LogP contribution is 2.32. The summed E-state index contributed by atoms with van der Waals surface area (Å²) < 4.78 is 6.67. The molecule has 0 atom stereocenters. The van der Waals surface area contributed by atoms with E-state index >= 15 is 0 Å². The molecule has 4 aromatic rings. The monoisotopic (exact) mass is 417 g/mol. The number of para-hydroxylation sites is 1. The zero-order valence-electron chi connectivity index (χ0n) is 14.4. The number of anilines is 1. The lowest BCUT2D eigenvalue weighted by molar-refractivity contribution is 0.808. The number of nitrogens with zero attached hydrogens (tertiary/aromatic N) is 2. The minimum absolute atomic E-state index is 0.672. The maximum atomic E-state index is 5.53. The van der Waals surface area contributed by atoms with Crippen LogP contribution in [0.5, 0.6) is 0 Å². The molecule has 4 rings (SSSR count). The van der Waals surface area contributed by atoms with Crippen LogP contribution in [0.4, 0.5) is 5.69 Å². The van der Waals surface area contributed by atoms with Gasteiger partial charge in [-0.05, 0) is 49.0 Å². The van der Waals surface area contributed by atoms with Gasteiger partial charge in [0.2, 0.25) is 0 Å². The number of thiazole rings is 2. The molecule has 0 radical (unpaired) electrons. The Kier molecular flexibility index (Phi) is 5.59. The van der Waals surface area contributed by atoms with E-state index < -0.39 is 0 Å². The highest BCUT2D eigenvalue weighted by molar-refractivity contribution is 8.01. The smallest absolute Gasteiger partial charge is 0.163 e. The van der Waals surface area contributed by atoms with Crippen LogP contribution in [-0.4, -0.2) is 15.3 Å². The van der Waals surface area contributed by atoms with Crippen molar-refractivity contribution in [1.29, 1.82) is 0 Å². The normalized spacial score (nSPS) is 11.4. The first-order chi connectivity index (χ1) is 12.7. The molecule has 0 amide bonds. The number of benzene rings is 2. The molecule has 0 aliphatic rings. The zero-order valence-corrected chi connectivity index (χ0v) is 17.7. The molecule has 2 aromatic carbocycles. The summed E-state index contributed by atoms with van der Waals surface area (Å²) in [6.07, 6.45) is 2.47. The maximum Gasteiger partial charge on any atom is 0.163 e. The molecule has 3 nitrogen and oxygen atoms in total. The van der Waals surface area contributed by atoms with Gasteiger partial charge in [-0.3, -0.25) is 0 Å². The van der Waals surface area contributed by atoms with E-state index in [0.717, 1.165) is 25.3 Å². The Morgan fingerprint density at radius 1 is 1.15 bits per heavy atom. The second kappa shape index (κ2) is 8.08. The van der Waals surface area contributed by atoms with Gasteiger partial charge in [0.05, 0.1) is 27.1 Å². The highest BCUT2D eigenvalue weighted by Gasteiger charge is 2.07. The van der Waals surface area contributed by atoms with Gasteiger partial charge in [0.25, 0.3) is 0 Å². The molecular weight excluding hydrogens is 398 g/mol. The molecule has 1 N–H and O–H groups in total. The minimum Gasteiger partial charge on any atom is -0.367 e. The van der Waals surface area contributed by atoms with Crippen molar-refractivity contribution >= 4 is 72.8 Å². The Hall–Kier alpha value is -1.41. The number of nitrogens with one attached hydrogen (secondary N) is 1. The lowest BCUT2D eigenvalue weighted by atomic mass is 10.3. The van der Waals surface area contributed by atoms with Gasteiger partial charge in [0, 0.05) is 11.4 Å². The highest BCUT2D eigenvalue weighted by atomic mass is 32.2. The van der Waals surface area contributed by atoms with Gasteiger partial charge in [-0.2, -0.15) is 0 Å². The molecule has 0 unspecified atom stereocenters. The van der Waals surface area contributed by atoms with E-state index in [-0.39, 0.29) is 0 Å². The third-order valence-corrected chi connectivity index (χ3v) is 7.79. The van der Waals surface area contributed by atoms with Crippen LogP contribution in [0.25, 0.3) is 20.4 Å². The van der Waals surface area contributed by atoms with Gasteiger partial charge in [-0.25, -0.2) is 4.98 Å². The topological polar surface area (TPSA) is 29.9 Å². The molecular formula is C19H19N3S4. The van der Waals surface area contributed by atoms with Crippen LogP contribution in [0.1, 0.15) is 19.8 Å². The molecule has 2 aromatic heterocycles. The Balaban J connectivity index is 1.51. The number of thioether (sulfide) groups is 1. The van der Waals surface area contributed by atoms with Crippen molar-refractivity contribution < 1.29 is 0 Å². The van der Waals surface area contributed by atoms with Crippen LogP contribution in [0.2, 0.25) is 0 Å². The van der Waals surface area contributed by atoms with E-state index in [4.69, 9.17) is 17.2 Å². The predicted octanol–water partition coefficient (Wildman–Crippen LogP) is 7.00. The van der Waals surface area contributed by atoms with Gasteiger partial charge < -0.3 is 9.88 Å². The number of fused-ring (bicyclic) bond motifs is 2. The molecule has 7 heteroatoms. The Morgan fingerprint density at radius 3 is 2.92 bits per heavy atom. The van der Waals surface area contributed by atoms with Crippen LogP contribution in [0, 0.1) is 3.95 Å². The SMILES string of the molecule is CCCCSc1nc2ccc(NCn3c(=S)sc4ccccc43)cc2s1. The fraction of sp³-hybridized carbons (Fsp3) is 0.263. The van der Waals surface area contributed by atoms with E-state index in [2.05, 4.69) is 59.3 Å². The molecule has 134 valence electrons. The average Bonchev–Trinajstić information content (AvgIpc) is 3.19. The molecule has 0 aliphatic carbocycles. The lowest BCUT2D eigenvalue weighted by Crippen LogP contribution is -2.07.